The summed E-state index contributed by atoms with van der Waals surface area (Å²) in [6, 6.07) is 0.687. The lowest BCUT2D eigenvalue weighted by molar-refractivity contribution is 0.311. The maximum Gasteiger partial charge on any atom is 0.177 e. The molecule has 1 aliphatic carbocycles. The molecule has 0 unspecified atom stereocenters. The van der Waals surface area contributed by atoms with E-state index in [1.165, 1.54) is 25.0 Å². The minimum absolute atomic E-state index is 0.687. The van der Waals surface area contributed by atoms with E-state index in [0.717, 1.165) is 4.77 Å². The lowest BCUT2D eigenvalue weighted by Crippen LogP contribution is -2.15. The van der Waals surface area contributed by atoms with Crippen LogP contribution in [-0.4, -0.2) is 9.55 Å². The molecule has 1 aromatic rings. The number of imidazole rings is 1. The third kappa shape index (κ3) is 1.13. The SMILES string of the molecule is Cc1cn(C2CCC2)c(=S)[nH]1. The Labute approximate surface area is 71.2 Å². The van der Waals surface area contributed by atoms with E-state index < -0.39 is 0 Å². The summed E-state index contributed by atoms with van der Waals surface area (Å²) in [5, 5.41) is 0. The second-order valence-electron chi connectivity index (χ2n) is 3.23. The van der Waals surface area contributed by atoms with Crippen LogP contribution in [0.4, 0.5) is 0 Å². The Morgan fingerprint density at radius 1 is 1.64 bits per heavy atom. The minimum Gasteiger partial charge on any atom is -0.335 e. The summed E-state index contributed by atoms with van der Waals surface area (Å²) in [5.74, 6) is 0. The highest BCUT2D eigenvalue weighted by Gasteiger charge is 2.19. The Kier molecular flexibility index (Phi) is 1.60. The fraction of sp³-hybridized carbons (Fsp3) is 0.625. The van der Waals surface area contributed by atoms with Crippen LogP contribution in [0.3, 0.4) is 0 Å². The topological polar surface area (TPSA) is 20.7 Å². The molecule has 2 nitrogen and oxygen atoms in total. The van der Waals surface area contributed by atoms with Gasteiger partial charge >= 0.3 is 0 Å². The van der Waals surface area contributed by atoms with Crippen molar-refractivity contribution < 1.29 is 0 Å². The zero-order chi connectivity index (χ0) is 7.84. The molecule has 0 amide bonds. The van der Waals surface area contributed by atoms with Gasteiger partial charge in [0, 0.05) is 17.9 Å². The van der Waals surface area contributed by atoms with Crippen LogP contribution in [0.5, 0.6) is 0 Å². The molecule has 0 aliphatic heterocycles. The Hall–Kier alpha value is -0.570. The van der Waals surface area contributed by atoms with Crippen molar-refractivity contribution in [3.63, 3.8) is 0 Å². The molecule has 60 valence electrons. The van der Waals surface area contributed by atoms with Crippen LogP contribution >= 0.6 is 12.2 Å². The van der Waals surface area contributed by atoms with Crippen molar-refractivity contribution in [3.05, 3.63) is 16.7 Å². The fourth-order valence-electron chi connectivity index (χ4n) is 1.47. The molecule has 0 saturated heterocycles. The molecule has 1 saturated carbocycles. The molecule has 1 heterocycles. The van der Waals surface area contributed by atoms with Gasteiger partial charge in [0.1, 0.15) is 0 Å². The van der Waals surface area contributed by atoms with Gasteiger partial charge in [-0.05, 0) is 38.4 Å². The maximum absolute atomic E-state index is 5.16. The third-order valence-electron chi connectivity index (χ3n) is 2.34. The second kappa shape index (κ2) is 2.48. The normalized spacial score (nSPS) is 18.3. The minimum atomic E-state index is 0.687. The zero-order valence-corrected chi connectivity index (χ0v) is 7.45. The summed E-state index contributed by atoms with van der Waals surface area (Å²) in [6.45, 7) is 2.05. The average Bonchev–Trinajstić information content (AvgIpc) is 2.07. The second-order valence-corrected chi connectivity index (χ2v) is 3.62. The number of aromatic nitrogens is 2. The Bertz CT molecular complexity index is 306. The van der Waals surface area contributed by atoms with Crippen molar-refractivity contribution in [1.29, 1.82) is 0 Å². The first kappa shape index (κ1) is 7.10. The third-order valence-corrected chi connectivity index (χ3v) is 2.65. The van der Waals surface area contributed by atoms with Gasteiger partial charge in [-0.25, -0.2) is 0 Å². The molecule has 0 aromatic carbocycles. The van der Waals surface area contributed by atoms with Crippen LogP contribution in [0.15, 0.2) is 6.20 Å². The molecule has 1 N–H and O–H groups in total. The van der Waals surface area contributed by atoms with Crippen LogP contribution in [0.1, 0.15) is 31.0 Å². The zero-order valence-electron chi connectivity index (χ0n) is 6.63. The summed E-state index contributed by atoms with van der Waals surface area (Å²) in [5.41, 5.74) is 1.17. The van der Waals surface area contributed by atoms with Crippen LogP contribution < -0.4 is 0 Å². The summed E-state index contributed by atoms with van der Waals surface area (Å²) in [6.07, 6.45) is 6.07. The van der Waals surface area contributed by atoms with Gasteiger partial charge in [0.25, 0.3) is 0 Å². The summed E-state index contributed by atoms with van der Waals surface area (Å²) in [7, 11) is 0. The number of aromatic amines is 1. The van der Waals surface area contributed by atoms with E-state index in [0.29, 0.717) is 6.04 Å². The van der Waals surface area contributed by atoms with E-state index in [1.807, 2.05) is 6.92 Å². The smallest absolute Gasteiger partial charge is 0.177 e. The van der Waals surface area contributed by atoms with Crippen LogP contribution in [0.2, 0.25) is 0 Å². The van der Waals surface area contributed by atoms with E-state index in [9.17, 15) is 0 Å². The van der Waals surface area contributed by atoms with Gasteiger partial charge in [0.2, 0.25) is 0 Å². The standard InChI is InChI=1S/C8H12N2S/c1-6-5-10(8(11)9-6)7-3-2-4-7/h5,7H,2-4H2,1H3,(H,9,11). The summed E-state index contributed by atoms with van der Waals surface area (Å²) < 4.78 is 3.07. The van der Waals surface area contributed by atoms with E-state index in [1.54, 1.807) is 0 Å². The molecule has 1 fully saturated rings. The highest BCUT2D eigenvalue weighted by atomic mass is 32.1. The van der Waals surface area contributed by atoms with Crippen LogP contribution in [0.25, 0.3) is 0 Å². The van der Waals surface area contributed by atoms with Crippen molar-refractivity contribution in [1.82, 2.24) is 9.55 Å². The van der Waals surface area contributed by atoms with Gasteiger partial charge < -0.3 is 9.55 Å². The van der Waals surface area contributed by atoms with E-state index in [2.05, 4.69) is 15.7 Å². The molecule has 1 aliphatic rings. The lowest BCUT2D eigenvalue weighted by atomic mass is 9.93. The van der Waals surface area contributed by atoms with Crippen molar-refractivity contribution in [2.45, 2.75) is 32.2 Å². The number of hydrogen-bond acceptors (Lipinski definition) is 1. The summed E-state index contributed by atoms with van der Waals surface area (Å²) in [4.78, 5) is 3.13. The molecular formula is C8H12N2S. The number of rotatable bonds is 1. The van der Waals surface area contributed by atoms with Gasteiger partial charge in [0.05, 0.1) is 0 Å². The quantitative estimate of drug-likeness (QED) is 0.639. The van der Waals surface area contributed by atoms with Gasteiger partial charge in [-0.2, -0.15) is 0 Å². The molecule has 0 radical (unpaired) electrons. The van der Waals surface area contributed by atoms with Crippen molar-refractivity contribution in [2.24, 2.45) is 0 Å². The predicted octanol–water partition coefficient (Wildman–Crippen LogP) is 2.58. The number of nitrogens with zero attached hydrogens (tertiary/aromatic N) is 1. The largest absolute Gasteiger partial charge is 0.335 e. The first-order chi connectivity index (χ1) is 5.27. The Balaban J connectivity index is 2.35. The van der Waals surface area contributed by atoms with Gasteiger partial charge in [-0.1, -0.05) is 0 Å². The van der Waals surface area contributed by atoms with Gasteiger partial charge in [0.15, 0.2) is 4.77 Å². The maximum atomic E-state index is 5.16. The Morgan fingerprint density at radius 2 is 2.36 bits per heavy atom. The fourth-order valence-corrected chi connectivity index (χ4v) is 1.83. The number of H-pyrrole nitrogens is 1. The van der Waals surface area contributed by atoms with E-state index >= 15 is 0 Å². The van der Waals surface area contributed by atoms with E-state index in [-0.39, 0.29) is 0 Å². The van der Waals surface area contributed by atoms with Crippen molar-refractivity contribution in [2.75, 3.05) is 0 Å². The molecule has 1 aromatic heterocycles. The molecule has 3 heteroatoms. The monoisotopic (exact) mass is 168 g/mol. The van der Waals surface area contributed by atoms with E-state index in [4.69, 9.17) is 12.2 Å². The van der Waals surface area contributed by atoms with Crippen molar-refractivity contribution in [3.8, 4) is 0 Å². The number of hydrogen-bond donors (Lipinski definition) is 1. The molecule has 2 rings (SSSR count). The Morgan fingerprint density at radius 3 is 2.73 bits per heavy atom. The molecular weight excluding hydrogens is 156 g/mol. The van der Waals surface area contributed by atoms with Crippen LogP contribution in [-0.2, 0) is 0 Å². The van der Waals surface area contributed by atoms with Crippen LogP contribution in [0, 0.1) is 11.7 Å². The molecule has 0 atom stereocenters. The number of nitrogens with one attached hydrogen (secondary N) is 1. The van der Waals surface area contributed by atoms with Crippen molar-refractivity contribution >= 4 is 12.2 Å². The lowest BCUT2D eigenvalue weighted by Gasteiger charge is -2.26. The average molecular weight is 168 g/mol. The molecule has 0 bridgehead atoms. The predicted molar refractivity (Wildman–Crippen MR) is 47.2 cm³/mol. The summed E-state index contributed by atoms with van der Waals surface area (Å²) >= 11 is 5.16. The molecule has 0 spiro atoms. The van der Waals surface area contributed by atoms with Gasteiger partial charge in [-0.15, -0.1) is 0 Å². The van der Waals surface area contributed by atoms with Gasteiger partial charge in [-0.3, -0.25) is 0 Å². The highest BCUT2D eigenvalue weighted by molar-refractivity contribution is 7.71. The number of aryl methyl sites for hydroxylation is 1. The highest BCUT2D eigenvalue weighted by Crippen LogP contribution is 2.31. The first-order valence-electron chi connectivity index (χ1n) is 4.05. The molecule has 11 heavy (non-hydrogen) atoms. The first-order valence-corrected chi connectivity index (χ1v) is 4.46.